The number of rotatable bonds is 12. The third kappa shape index (κ3) is 11.9. The van der Waals surface area contributed by atoms with Gasteiger partial charge in [-0.15, -0.1) is 0 Å². The summed E-state index contributed by atoms with van der Waals surface area (Å²) in [5, 5.41) is 9.37. The van der Waals surface area contributed by atoms with E-state index in [0.29, 0.717) is 13.0 Å². The van der Waals surface area contributed by atoms with Gasteiger partial charge in [-0.25, -0.2) is 0 Å². The molecule has 1 unspecified atom stereocenters. The van der Waals surface area contributed by atoms with Gasteiger partial charge in [0.25, 0.3) is 0 Å². The summed E-state index contributed by atoms with van der Waals surface area (Å²) in [6.45, 7) is 4.67. The molecule has 0 aliphatic heterocycles. The van der Waals surface area contributed by atoms with Gasteiger partial charge in [0.1, 0.15) is 0 Å². The molecule has 1 atom stereocenters. The standard InChI is InChI=1S/C15H30O3/c1-3-5-13-18-15(17)12-10-8-6-7-9-11-14(16)4-2/h14,16H,3-13H2,1-2H3. The van der Waals surface area contributed by atoms with E-state index in [1.807, 2.05) is 6.92 Å². The highest BCUT2D eigenvalue weighted by Gasteiger charge is 2.02. The summed E-state index contributed by atoms with van der Waals surface area (Å²) in [6, 6.07) is 0. The fourth-order valence-electron chi connectivity index (χ4n) is 1.79. The summed E-state index contributed by atoms with van der Waals surface area (Å²) in [6.07, 6.45) is 9.64. The predicted octanol–water partition coefficient (Wildman–Crippen LogP) is 3.83. The molecule has 1 N–H and O–H groups in total. The first-order valence-corrected chi connectivity index (χ1v) is 7.54. The van der Waals surface area contributed by atoms with Crippen molar-refractivity contribution in [3.8, 4) is 0 Å². The Labute approximate surface area is 112 Å². The molecule has 0 saturated carbocycles. The van der Waals surface area contributed by atoms with Gasteiger partial charge in [-0.3, -0.25) is 4.79 Å². The van der Waals surface area contributed by atoms with Crippen molar-refractivity contribution < 1.29 is 14.6 Å². The second-order valence-corrected chi connectivity index (χ2v) is 4.94. The Morgan fingerprint density at radius 3 is 2.39 bits per heavy atom. The Morgan fingerprint density at radius 1 is 1.06 bits per heavy atom. The van der Waals surface area contributed by atoms with Crippen LogP contribution in [0.5, 0.6) is 0 Å². The first-order chi connectivity index (χ1) is 8.70. The Kier molecular flexibility index (Phi) is 12.5. The topological polar surface area (TPSA) is 46.5 Å². The van der Waals surface area contributed by atoms with Crippen molar-refractivity contribution in [2.75, 3.05) is 6.61 Å². The van der Waals surface area contributed by atoms with Gasteiger partial charge in [0, 0.05) is 6.42 Å². The van der Waals surface area contributed by atoms with Crippen LogP contribution >= 0.6 is 0 Å². The van der Waals surface area contributed by atoms with Crippen LogP contribution in [0.25, 0.3) is 0 Å². The van der Waals surface area contributed by atoms with Crippen molar-refractivity contribution in [3.63, 3.8) is 0 Å². The van der Waals surface area contributed by atoms with E-state index in [9.17, 15) is 9.90 Å². The number of ether oxygens (including phenoxy) is 1. The fraction of sp³-hybridized carbons (Fsp3) is 0.933. The van der Waals surface area contributed by atoms with E-state index in [1.54, 1.807) is 0 Å². The number of carbonyl (C=O) groups excluding carboxylic acids is 1. The van der Waals surface area contributed by atoms with Gasteiger partial charge in [-0.1, -0.05) is 46.0 Å². The molecule has 0 aliphatic rings. The SMILES string of the molecule is CCCCOC(=O)CCCCCCCC(O)CC. The Bertz CT molecular complexity index is 192. The molecule has 0 aromatic heterocycles. The maximum atomic E-state index is 11.3. The minimum atomic E-state index is -0.126. The summed E-state index contributed by atoms with van der Waals surface area (Å²) < 4.78 is 5.08. The van der Waals surface area contributed by atoms with Crippen molar-refractivity contribution in [1.82, 2.24) is 0 Å². The normalized spacial score (nSPS) is 12.4. The first kappa shape index (κ1) is 17.4. The predicted molar refractivity (Wildman–Crippen MR) is 74.5 cm³/mol. The van der Waals surface area contributed by atoms with E-state index >= 15 is 0 Å². The molecule has 0 heterocycles. The number of aliphatic hydroxyl groups excluding tert-OH is 1. The highest BCUT2D eigenvalue weighted by Crippen LogP contribution is 2.10. The number of hydrogen-bond donors (Lipinski definition) is 1. The zero-order valence-electron chi connectivity index (χ0n) is 12.1. The molecule has 3 nitrogen and oxygen atoms in total. The van der Waals surface area contributed by atoms with E-state index in [1.165, 1.54) is 0 Å². The number of carbonyl (C=O) groups is 1. The molecule has 0 aromatic rings. The van der Waals surface area contributed by atoms with Crippen LogP contribution in [0, 0.1) is 0 Å². The largest absolute Gasteiger partial charge is 0.466 e. The summed E-state index contributed by atoms with van der Waals surface area (Å²) in [5.41, 5.74) is 0. The second-order valence-electron chi connectivity index (χ2n) is 4.94. The van der Waals surface area contributed by atoms with E-state index in [4.69, 9.17) is 4.74 Å². The van der Waals surface area contributed by atoms with Crippen molar-refractivity contribution >= 4 is 5.97 Å². The van der Waals surface area contributed by atoms with E-state index in [0.717, 1.165) is 57.8 Å². The molecule has 18 heavy (non-hydrogen) atoms. The molecule has 0 fully saturated rings. The molecule has 108 valence electrons. The van der Waals surface area contributed by atoms with E-state index in [2.05, 4.69) is 6.92 Å². The van der Waals surface area contributed by atoms with Gasteiger partial charge in [0.05, 0.1) is 12.7 Å². The monoisotopic (exact) mass is 258 g/mol. The molecule has 0 radical (unpaired) electrons. The molecule has 0 bridgehead atoms. The molecule has 0 amide bonds. The van der Waals surface area contributed by atoms with Gasteiger partial charge in [0.15, 0.2) is 0 Å². The maximum absolute atomic E-state index is 11.3. The van der Waals surface area contributed by atoms with Gasteiger partial charge >= 0.3 is 5.97 Å². The Hall–Kier alpha value is -0.570. The summed E-state index contributed by atoms with van der Waals surface area (Å²) >= 11 is 0. The summed E-state index contributed by atoms with van der Waals surface area (Å²) in [7, 11) is 0. The molecule has 0 aliphatic carbocycles. The third-order valence-corrected chi connectivity index (χ3v) is 3.15. The fourth-order valence-corrected chi connectivity index (χ4v) is 1.79. The Balaban J connectivity index is 3.17. The zero-order valence-corrected chi connectivity index (χ0v) is 12.1. The Morgan fingerprint density at radius 2 is 1.72 bits per heavy atom. The number of aliphatic hydroxyl groups is 1. The zero-order chi connectivity index (χ0) is 13.6. The summed E-state index contributed by atoms with van der Waals surface area (Å²) in [4.78, 5) is 11.3. The first-order valence-electron chi connectivity index (χ1n) is 7.54. The van der Waals surface area contributed by atoms with Crippen LogP contribution in [-0.2, 0) is 9.53 Å². The van der Waals surface area contributed by atoms with E-state index < -0.39 is 0 Å². The van der Waals surface area contributed by atoms with Gasteiger partial charge in [-0.05, 0) is 25.7 Å². The minimum absolute atomic E-state index is 0.0511. The van der Waals surface area contributed by atoms with Gasteiger partial charge in [-0.2, -0.15) is 0 Å². The number of hydrogen-bond acceptors (Lipinski definition) is 3. The second kappa shape index (κ2) is 12.9. The molecule has 0 spiro atoms. The van der Waals surface area contributed by atoms with Crippen molar-refractivity contribution in [1.29, 1.82) is 0 Å². The lowest BCUT2D eigenvalue weighted by Gasteiger charge is -2.07. The van der Waals surface area contributed by atoms with Crippen LogP contribution in [0.1, 0.15) is 78.1 Å². The molecule has 0 aromatic carbocycles. The maximum Gasteiger partial charge on any atom is 0.305 e. The van der Waals surface area contributed by atoms with Crippen LogP contribution in [0.4, 0.5) is 0 Å². The smallest absolute Gasteiger partial charge is 0.305 e. The third-order valence-electron chi connectivity index (χ3n) is 3.15. The van der Waals surface area contributed by atoms with Crippen molar-refractivity contribution in [2.24, 2.45) is 0 Å². The molecular formula is C15H30O3. The number of unbranched alkanes of at least 4 members (excludes halogenated alkanes) is 5. The average molecular weight is 258 g/mol. The summed E-state index contributed by atoms with van der Waals surface area (Å²) in [5.74, 6) is -0.0511. The lowest BCUT2D eigenvalue weighted by molar-refractivity contribution is -0.143. The molecule has 0 rings (SSSR count). The molecular weight excluding hydrogens is 228 g/mol. The van der Waals surface area contributed by atoms with Crippen molar-refractivity contribution in [3.05, 3.63) is 0 Å². The average Bonchev–Trinajstić information content (AvgIpc) is 2.37. The van der Waals surface area contributed by atoms with Crippen LogP contribution in [0.15, 0.2) is 0 Å². The number of esters is 1. The van der Waals surface area contributed by atoms with Crippen LogP contribution in [0.2, 0.25) is 0 Å². The lowest BCUT2D eigenvalue weighted by Crippen LogP contribution is -2.05. The lowest BCUT2D eigenvalue weighted by atomic mass is 10.1. The minimum Gasteiger partial charge on any atom is -0.466 e. The molecule has 0 saturated heterocycles. The quantitative estimate of drug-likeness (QED) is 0.427. The van der Waals surface area contributed by atoms with Crippen LogP contribution in [0.3, 0.4) is 0 Å². The molecule has 3 heteroatoms. The van der Waals surface area contributed by atoms with Crippen molar-refractivity contribution in [2.45, 2.75) is 84.2 Å². The highest BCUT2D eigenvalue weighted by molar-refractivity contribution is 5.69. The van der Waals surface area contributed by atoms with E-state index in [-0.39, 0.29) is 12.1 Å². The highest BCUT2D eigenvalue weighted by atomic mass is 16.5. The van der Waals surface area contributed by atoms with Gasteiger partial charge in [0.2, 0.25) is 0 Å². The van der Waals surface area contributed by atoms with Crippen LogP contribution < -0.4 is 0 Å². The van der Waals surface area contributed by atoms with Crippen LogP contribution in [-0.4, -0.2) is 23.8 Å². The van der Waals surface area contributed by atoms with Gasteiger partial charge < -0.3 is 9.84 Å².